The van der Waals surface area contributed by atoms with E-state index in [1.807, 2.05) is 68.4 Å². The van der Waals surface area contributed by atoms with Crippen LogP contribution in [0.2, 0.25) is 0 Å². The normalized spacial score (nSPS) is 12.1. The molecule has 1 unspecified atom stereocenters. The third kappa shape index (κ3) is 6.58. The summed E-state index contributed by atoms with van der Waals surface area (Å²) in [5, 5.41) is 3.03. The number of amides is 1. The van der Waals surface area contributed by atoms with Crippen LogP contribution in [0.1, 0.15) is 36.1 Å². The molecule has 3 aromatic carbocycles. The van der Waals surface area contributed by atoms with Crippen LogP contribution in [0.25, 0.3) is 0 Å². The number of benzene rings is 3. The predicted molar refractivity (Wildman–Crippen MR) is 132 cm³/mol. The fourth-order valence-corrected chi connectivity index (χ4v) is 4.42. The second-order valence-corrected chi connectivity index (χ2v) is 9.79. The number of nitrogens with zero attached hydrogens (tertiary/aromatic N) is 1. The molecule has 0 aliphatic carbocycles. The van der Waals surface area contributed by atoms with E-state index in [0.29, 0.717) is 18.0 Å². The molecule has 1 amide bonds. The topological polar surface area (TPSA) is 75.7 Å². The summed E-state index contributed by atoms with van der Waals surface area (Å²) >= 11 is 0. The first-order chi connectivity index (χ1) is 15.8. The maximum absolute atomic E-state index is 13.1. The van der Waals surface area contributed by atoms with E-state index < -0.39 is 22.0 Å². The number of aryl methyl sites for hydroxylation is 1. The molecular weight excluding hydrogens is 436 g/mol. The minimum absolute atomic E-state index is 0.330. The van der Waals surface area contributed by atoms with Crippen molar-refractivity contribution in [2.45, 2.75) is 26.3 Å². The van der Waals surface area contributed by atoms with Gasteiger partial charge in [-0.15, -0.1) is 0 Å². The Balaban J connectivity index is 1.84. The summed E-state index contributed by atoms with van der Waals surface area (Å²) in [6.07, 6.45) is 1.97. The number of carbonyl (C=O) groups is 1. The van der Waals surface area contributed by atoms with Crippen LogP contribution in [0.3, 0.4) is 0 Å². The van der Waals surface area contributed by atoms with E-state index in [1.54, 1.807) is 24.3 Å². The quantitative estimate of drug-likeness (QED) is 0.479. The summed E-state index contributed by atoms with van der Waals surface area (Å²) in [4.78, 5) is 13.1. The fraction of sp³-hybridized carbons (Fsp3) is 0.269. The number of hydrogen-bond donors (Lipinski definition) is 1. The molecule has 0 aromatic heterocycles. The largest absolute Gasteiger partial charge is 0.494 e. The molecule has 3 rings (SSSR count). The van der Waals surface area contributed by atoms with Crippen LogP contribution in [-0.2, 0) is 14.8 Å². The SMILES string of the molecule is CCCOc1ccc(N(CC(=O)NC(c2ccccc2)c2ccccc2C)S(C)(=O)=O)cc1. The number of nitrogens with one attached hydrogen (secondary N) is 1. The fourth-order valence-electron chi connectivity index (χ4n) is 3.56. The molecular formula is C26H30N2O4S. The van der Waals surface area contributed by atoms with Gasteiger partial charge < -0.3 is 10.1 Å². The van der Waals surface area contributed by atoms with Gasteiger partial charge in [0.2, 0.25) is 15.9 Å². The van der Waals surface area contributed by atoms with E-state index in [-0.39, 0.29) is 6.54 Å². The molecule has 1 atom stereocenters. The molecule has 0 bridgehead atoms. The standard InChI is InChI=1S/C26H30N2O4S/c1-4-18-32-23-16-14-22(15-17-23)28(33(3,30)31)19-25(29)27-26(21-11-6-5-7-12-21)24-13-9-8-10-20(24)2/h5-17,26H,4,18-19H2,1-3H3,(H,27,29). The first kappa shape index (κ1) is 24.3. The van der Waals surface area contributed by atoms with Gasteiger partial charge in [0, 0.05) is 0 Å². The third-order valence-corrected chi connectivity index (χ3v) is 6.36. The van der Waals surface area contributed by atoms with Crippen molar-refractivity contribution in [2.75, 3.05) is 23.7 Å². The minimum atomic E-state index is -3.68. The Morgan fingerprint density at radius 3 is 2.21 bits per heavy atom. The molecule has 1 N–H and O–H groups in total. The molecule has 0 aliphatic heterocycles. The van der Waals surface area contributed by atoms with Gasteiger partial charge in [-0.3, -0.25) is 9.10 Å². The molecule has 0 fully saturated rings. The molecule has 6 nitrogen and oxygen atoms in total. The van der Waals surface area contributed by atoms with Gasteiger partial charge >= 0.3 is 0 Å². The first-order valence-corrected chi connectivity index (χ1v) is 12.7. The van der Waals surface area contributed by atoms with Gasteiger partial charge in [0.25, 0.3) is 0 Å². The molecule has 33 heavy (non-hydrogen) atoms. The van der Waals surface area contributed by atoms with Gasteiger partial charge in [-0.05, 0) is 54.3 Å². The van der Waals surface area contributed by atoms with Crippen LogP contribution in [0.5, 0.6) is 5.75 Å². The highest BCUT2D eigenvalue weighted by atomic mass is 32.2. The Morgan fingerprint density at radius 1 is 0.970 bits per heavy atom. The smallest absolute Gasteiger partial charge is 0.241 e. The van der Waals surface area contributed by atoms with Gasteiger partial charge in [-0.1, -0.05) is 61.5 Å². The molecule has 0 saturated heterocycles. The van der Waals surface area contributed by atoms with Crippen LogP contribution in [0, 0.1) is 6.92 Å². The van der Waals surface area contributed by atoms with Crippen LogP contribution in [-0.4, -0.2) is 33.7 Å². The summed E-state index contributed by atoms with van der Waals surface area (Å²) in [6.45, 7) is 4.25. The Kier molecular flexibility index (Phi) is 8.11. The zero-order chi connectivity index (χ0) is 23.8. The van der Waals surface area contributed by atoms with Crippen molar-refractivity contribution in [3.63, 3.8) is 0 Å². The third-order valence-electron chi connectivity index (χ3n) is 5.22. The highest BCUT2D eigenvalue weighted by Gasteiger charge is 2.24. The van der Waals surface area contributed by atoms with Crippen molar-refractivity contribution < 1.29 is 17.9 Å². The van der Waals surface area contributed by atoms with Gasteiger partial charge in [-0.2, -0.15) is 0 Å². The van der Waals surface area contributed by atoms with Crippen LogP contribution in [0.4, 0.5) is 5.69 Å². The van der Waals surface area contributed by atoms with Crippen LogP contribution >= 0.6 is 0 Å². The van der Waals surface area contributed by atoms with E-state index >= 15 is 0 Å². The predicted octanol–water partition coefficient (Wildman–Crippen LogP) is 4.46. The number of rotatable bonds is 10. The second kappa shape index (κ2) is 11.0. The average Bonchev–Trinajstić information content (AvgIpc) is 2.80. The van der Waals surface area contributed by atoms with Gasteiger partial charge in [0.1, 0.15) is 12.3 Å². The molecule has 0 saturated carbocycles. The van der Waals surface area contributed by atoms with Crippen molar-refractivity contribution in [2.24, 2.45) is 0 Å². The molecule has 3 aromatic rings. The lowest BCUT2D eigenvalue weighted by atomic mass is 9.95. The Bertz CT molecular complexity index is 1160. The number of carbonyl (C=O) groups excluding carboxylic acids is 1. The maximum atomic E-state index is 13.1. The zero-order valence-electron chi connectivity index (χ0n) is 19.2. The van der Waals surface area contributed by atoms with Gasteiger partial charge in [-0.25, -0.2) is 8.42 Å². The molecule has 7 heteroatoms. The van der Waals surface area contributed by atoms with Crippen LogP contribution in [0.15, 0.2) is 78.9 Å². The summed E-state index contributed by atoms with van der Waals surface area (Å²) < 4.78 is 31.7. The highest BCUT2D eigenvalue weighted by Crippen LogP contribution is 2.26. The number of anilines is 1. The maximum Gasteiger partial charge on any atom is 0.241 e. The number of sulfonamides is 1. The van der Waals surface area contributed by atoms with E-state index in [1.165, 1.54) is 0 Å². The van der Waals surface area contributed by atoms with Gasteiger partial charge in [0.15, 0.2) is 0 Å². The van der Waals surface area contributed by atoms with Crippen molar-refractivity contribution in [1.29, 1.82) is 0 Å². The van der Waals surface area contributed by atoms with Crippen molar-refractivity contribution in [3.05, 3.63) is 95.6 Å². The summed E-state index contributed by atoms with van der Waals surface area (Å²) in [7, 11) is -3.68. The van der Waals surface area contributed by atoms with E-state index in [2.05, 4.69) is 5.32 Å². The lowest BCUT2D eigenvalue weighted by molar-refractivity contribution is -0.120. The van der Waals surface area contributed by atoms with Crippen molar-refractivity contribution in [3.8, 4) is 5.75 Å². The molecule has 0 spiro atoms. The van der Waals surface area contributed by atoms with Gasteiger partial charge in [0.05, 0.1) is 24.6 Å². The lowest BCUT2D eigenvalue weighted by Gasteiger charge is -2.25. The lowest BCUT2D eigenvalue weighted by Crippen LogP contribution is -2.42. The molecule has 0 aliphatic rings. The average molecular weight is 467 g/mol. The number of hydrogen-bond acceptors (Lipinski definition) is 4. The highest BCUT2D eigenvalue weighted by molar-refractivity contribution is 7.92. The second-order valence-electron chi connectivity index (χ2n) is 7.88. The monoisotopic (exact) mass is 466 g/mol. The molecule has 0 heterocycles. The summed E-state index contributed by atoms with van der Waals surface area (Å²) in [6, 6.07) is 23.8. The van der Waals surface area contributed by atoms with E-state index in [0.717, 1.165) is 33.7 Å². The Labute approximate surface area is 196 Å². The Hall–Kier alpha value is -3.32. The number of ether oxygens (including phenoxy) is 1. The van der Waals surface area contributed by atoms with Crippen LogP contribution < -0.4 is 14.4 Å². The van der Waals surface area contributed by atoms with E-state index in [9.17, 15) is 13.2 Å². The summed E-state index contributed by atoms with van der Waals surface area (Å²) in [5.74, 6) is 0.256. The summed E-state index contributed by atoms with van der Waals surface area (Å²) in [5.41, 5.74) is 3.32. The zero-order valence-corrected chi connectivity index (χ0v) is 20.0. The molecule has 0 radical (unpaired) electrons. The first-order valence-electron chi connectivity index (χ1n) is 10.9. The van der Waals surface area contributed by atoms with Crippen molar-refractivity contribution in [1.82, 2.24) is 5.32 Å². The molecule has 174 valence electrons. The Morgan fingerprint density at radius 2 is 1.61 bits per heavy atom. The minimum Gasteiger partial charge on any atom is -0.494 e. The van der Waals surface area contributed by atoms with Crippen molar-refractivity contribution >= 4 is 21.6 Å². The van der Waals surface area contributed by atoms with E-state index in [4.69, 9.17) is 4.74 Å².